The smallest absolute Gasteiger partial charge is 0.00125 e. The summed E-state index contributed by atoms with van der Waals surface area (Å²) in [6, 6.07) is 0. The third kappa shape index (κ3) is 1.69. The van der Waals surface area contributed by atoms with Crippen molar-refractivity contribution in [3.05, 3.63) is 0 Å². The Morgan fingerprint density at radius 1 is 0.889 bits per heavy atom. The predicted octanol–water partition coefficient (Wildman–Crippen LogP) is 3.69. The Balaban J connectivity index is 1.60. The van der Waals surface area contributed by atoms with Crippen LogP contribution in [0.1, 0.15) is 52.4 Å². The van der Waals surface area contributed by atoms with Gasteiger partial charge in [0.1, 0.15) is 0 Å². The van der Waals surface area contributed by atoms with E-state index in [2.05, 4.69) is 19.2 Å². The monoisotopic (exact) mass is 247 g/mol. The quantitative estimate of drug-likeness (QED) is 0.745. The maximum absolute atomic E-state index is 3.70. The van der Waals surface area contributed by atoms with E-state index in [1.54, 1.807) is 32.1 Å². The molecule has 1 nitrogen and oxygen atoms in total. The van der Waals surface area contributed by atoms with E-state index in [1.807, 2.05) is 0 Å². The van der Waals surface area contributed by atoms with Crippen molar-refractivity contribution in [2.45, 2.75) is 52.4 Å². The highest BCUT2D eigenvalue weighted by Gasteiger charge is 2.53. The minimum absolute atomic E-state index is 0.589. The first kappa shape index (κ1) is 11.8. The normalized spacial score (nSPS) is 53.7. The van der Waals surface area contributed by atoms with Crippen LogP contribution < -0.4 is 5.32 Å². The highest BCUT2D eigenvalue weighted by atomic mass is 14.9. The summed E-state index contributed by atoms with van der Waals surface area (Å²) in [6.45, 7) is 7.64. The summed E-state index contributed by atoms with van der Waals surface area (Å²) in [5.41, 5.74) is 0.589. The van der Waals surface area contributed by atoms with Crippen LogP contribution in [-0.2, 0) is 0 Å². The Morgan fingerprint density at radius 2 is 1.50 bits per heavy atom. The van der Waals surface area contributed by atoms with Crippen LogP contribution in [0.5, 0.6) is 0 Å². The number of rotatable bonds is 1. The molecule has 5 rings (SSSR count). The molecular formula is C17H29N. The molecule has 1 saturated heterocycles. The Hall–Kier alpha value is -0.0400. The molecule has 4 bridgehead atoms. The largest absolute Gasteiger partial charge is 0.316 e. The van der Waals surface area contributed by atoms with Gasteiger partial charge in [0.25, 0.3) is 0 Å². The van der Waals surface area contributed by atoms with Crippen molar-refractivity contribution in [3.63, 3.8) is 0 Å². The van der Waals surface area contributed by atoms with Crippen LogP contribution in [0.4, 0.5) is 0 Å². The molecule has 1 heteroatoms. The lowest BCUT2D eigenvalue weighted by Gasteiger charge is -2.59. The Labute approximate surface area is 112 Å². The fourth-order valence-corrected chi connectivity index (χ4v) is 6.41. The molecule has 1 atom stereocenters. The molecule has 4 aliphatic carbocycles. The highest BCUT2D eigenvalue weighted by Crippen LogP contribution is 2.60. The molecule has 0 aromatic carbocycles. The summed E-state index contributed by atoms with van der Waals surface area (Å²) in [4.78, 5) is 0. The molecule has 0 aromatic heterocycles. The maximum atomic E-state index is 3.70. The van der Waals surface area contributed by atoms with E-state index in [0.717, 1.165) is 35.5 Å². The summed E-state index contributed by atoms with van der Waals surface area (Å²) in [5, 5.41) is 3.70. The van der Waals surface area contributed by atoms with Gasteiger partial charge < -0.3 is 5.32 Å². The molecule has 0 aromatic rings. The second-order valence-electron chi connectivity index (χ2n) is 8.56. The second-order valence-corrected chi connectivity index (χ2v) is 8.56. The standard InChI is InChI=1S/C17H29N/c1-17(2)3-4-18-10-15(17)16-13-6-11-5-12(8-13)9-14(16)7-11/h11-16,18H,3-10H2,1-2H3. The molecule has 1 N–H and O–H groups in total. The van der Waals surface area contributed by atoms with Crippen molar-refractivity contribution in [3.8, 4) is 0 Å². The van der Waals surface area contributed by atoms with Gasteiger partial charge in [-0.05, 0) is 92.5 Å². The van der Waals surface area contributed by atoms with Crippen LogP contribution in [0, 0.1) is 40.9 Å². The first-order chi connectivity index (χ1) is 8.63. The highest BCUT2D eigenvalue weighted by molar-refractivity contribution is 5.03. The zero-order valence-corrected chi connectivity index (χ0v) is 12.1. The van der Waals surface area contributed by atoms with Crippen LogP contribution in [0.3, 0.4) is 0 Å². The third-order valence-electron chi connectivity index (χ3n) is 7.08. The molecule has 5 aliphatic rings. The summed E-state index contributed by atoms with van der Waals surface area (Å²) in [5.74, 6) is 6.49. The molecule has 102 valence electrons. The van der Waals surface area contributed by atoms with Gasteiger partial charge in [0.15, 0.2) is 0 Å². The number of nitrogens with one attached hydrogen (secondary N) is 1. The van der Waals surface area contributed by atoms with E-state index in [4.69, 9.17) is 0 Å². The zero-order valence-electron chi connectivity index (χ0n) is 12.1. The molecule has 1 heterocycles. The molecular weight excluding hydrogens is 218 g/mol. The first-order valence-electron chi connectivity index (χ1n) is 8.34. The van der Waals surface area contributed by atoms with E-state index >= 15 is 0 Å². The number of hydrogen-bond donors (Lipinski definition) is 1. The van der Waals surface area contributed by atoms with Crippen molar-refractivity contribution in [2.75, 3.05) is 13.1 Å². The summed E-state index contributed by atoms with van der Waals surface area (Å²) in [7, 11) is 0. The van der Waals surface area contributed by atoms with E-state index in [1.165, 1.54) is 19.5 Å². The SMILES string of the molecule is CC1(C)CCNCC1C1C2CC3CC(C2)CC1C3. The summed E-state index contributed by atoms with van der Waals surface area (Å²) in [6.07, 6.45) is 9.33. The van der Waals surface area contributed by atoms with E-state index in [0.29, 0.717) is 5.41 Å². The zero-order chi connectivity index (χ0) is 12.3. The lowest BCUT2D eigenvalue weighted by Crippen LogP contribution is -2.54. The second kappa shape index (κ2) is 3.98. The molecule has 18 heavy (non-hydrogen) atoms. The van der Waals surface area contributed by atoms with Gasteiger partial charge in [-0.3, -0.25) is 0 Å². The van der Waals surface area contributed by atoms with Crippen molar-refractivity contribution in [1.82, 2.24) is 5.32 Å². The number of piperidine rings is 1. The summed E-state index contributed by atoms with van der Waals surface area (Å²) >= 11 is 0. The average molecular weight is 247 g/mol. The van der Waals surface area contributed by atoms with E-state index in [9.17, 15) is 0 Å². The fourth-order valence-electron chi connectivity index (χ4n) is 6.41. The molecule has 0 amide bonds. The van der Waals surface area contributed by atoms with Gasteiger partial charge in [-0.1, -0.05) is 13.8 Å². The predicted molar refractivity (Wildman–Crippen MR) is 75.3 cm³/mol. The topological polar surface area (TPSA) is 12.0 Å². The van der Waals surface area contributed by atoms with E-state index < -0.39 is 0 Å². The van der Waals surface area contributed by atoms with Crippen LogP contribution in [0.15, 0.2) is 0 Å². The van der Waals surface area contributed by atoms with Gasteiger partial charge in [-0.15, -0.1) is 0 Å². The first-order valence-corrected chi connectivity index (χ1v) is 8.34. The summed E-state index contributed by atoms with van der Waals surface area (Å²) < 4.78 is 0. The molecule has 0 radical (unpaired) electrons. The van der Waals surface area contributed by atoms with Crippen molar-refractivity contribution >= 4 is 0 Å². The van der Waals surface area contributed by atoms with Crippen molar-refractivity contribution < 1.29 is 0 Å². The third-order valence-corrected chi connectivity index (χ3v) is 7.08. The molecule has 0 spiro atoms. The lowest BCUT2D eigenvalue weighted by atomic mass is 9.47. The lowest BCUT2D eigenvalue weighted by molar-refractivity contribution is -0.0915. The van der Waals surface area contributed by atoms with Crippen LogP contribution >= 0.6 is 0 Å². The van der Waals surface area contributed by atoms with E-state index in [-0.39, 0.29) is 0 Å². The average Bonchev–Trinajstić information content (AvgIpc) is 2.29. The fraction of sp³-hybridized carbons (Fsp3) is 1.00. The van der Waals surface area contributed by atoms with Gasteiger partial charge in [0.05, 0.1) is 0 Å². The molecule has 4 saturated carbocycles. The van der Waals surface area contributed by atoms with Crippen LogP contribution in [0.2, 0.25) is 0 Å². The Morgan fingerprint density at radius 3 is 2.06 bits per heavy atom. The maximum Gasteiger partial charge on any atom is -0.00125 e. The molecule has 1 unspecified atom stereocenters. The van der Waals surface area contributed by atoms with Crippen molar-refractivity contribution in [1.29, 1.82) is 0 Å². The Kier molecular flexibility index (Phi) is 2.60. The van der Waals surface area contributed by atoms with Gasteiger partial charge in [0.2, 0.25) is 0 Å². The minimum atomic E-state index is 0.589. The van der Waals surface area contributed by atoms with Crippen LogP contribution in [0.25, 0.3) is 0 Å². The van der Waals surface area contributed by atoms with Gasteiger partial charge in [-0.2, -0.15) is 0 Å². The van der Waals surface area contributed by atoms with Crippen LogP contribution in [-0.4, -0.2) is 13.1 Å². The van der Waals surface area contributed by atoms with Gasteiger partial charge >= 0.3 is 0 Å². The molecule has 1 aliphatic heterocycles. The van der Waals surface area contributed by atoms with Crippen molar-refractivity contribution in [2.24, 2.45) is 40.9 Å². The Bertz CT molecular complexity index is 305. The number of hydrogen-bond acceptors (Lipinski definition) is 1. The van der Waals surface area contributed by atoms with Gasteiger partial charge in [0, 0.05) is 0 Å². The van der Waals surface area contributed by atoms with Gasteiger partial charge in [-0.25, -0.2) is 0 Å². The molecule has 5 fully saturated rings. The minimum Gasteiger partial charge on any atom is -0.316 e.